The van der Waals surface area contributed by atoms with Gasteiger partial charge in [-0.3, -0.25) is 9.36 Å². The number of ether oxygens (including phenoxy) is 1. The first-order valence-electron chi connectivity index (χ1n) is 9.15. The Morgan fingerprint density at radius 1 is 1.31 bits per heavy atom. The molecule has 0 radical (unpaired) electrons. The average Bonchev–Trinajstić information content (AvgIpc) is 2.60. The molecule has 0 saturated heterocycles. The van der Waals surface area contributed by atoms with E-state index < -0.39 is 30.2 Å². The summed E-state index contributed by atoms with van der Waals surface area (Å²) in [6.45, 7) is 1.61. The van der Waals surface area contributed by atoms with Gasteiger partial charge in [-0.1, -0.05) is 28.1 Å². The zero-order valence-electron chi connectivity index (χ0n) is 16.7. The van der Waals surface area contributed by atoms with Gasteiger partial charge in [0.15, 0.2) is 0 Å². The van der Waals surface area contributed by atoms with Crippen molar-refractivity contribution in [3.63, 3.8) is 0 Å². The van der Waals surface area contributed by atoms with E-state index in [0.717, 1.165) is 0 Å². The topological polar surface area (TPSA) is 94.6 Å². The number of aliphatic hydroxyl groups excluding tert-OH is 1. The summed E-state index contributed by atoms with van der Waals surface area (Å²) in [6.07, 6.45) is -0.692. The van der Waals surface area contributed by atoms with Gasteiger partial charge in [0.25, 0.3) is 5.56 Å². The van der Waals surface area contributed by atoms with Crippen LogP contribution in [0.25, 0.3) is 16.6 Å². The van der Waals surface area contributed by atoms with Gasteiger partial charge in [-0.15, -0.1) is 0 Å². The van der Waals surface area contributed by atoms with E-state index in [1.807, 2.05) is 0 Å². The first-order valence-corrected chi connectivity index (χ1v) is 8.44. The molecule has 3 rings (SSSR count). The molecular weight excluding hydrogens is 400 g/mol. The van der Waals surface area contributed by atoms with Crippen LogP contribution in [0.2, 0.25) is 0 Å². The molecule has 1 aromatic heterocycles. The first-order chi connectivity index (χ1) is 13.5. The van der Waals surface area contributed by atoms with Gasteiger partial charge in [0, 0.05) is 15.5 Å². The van der Waals surface area contributed by atoms with Crippen molar-refractivity contribution in [3.05, 3.63) is 68.4 Å². The molecule has 3 N–H and O–H groups in total. The second-order valence-corrected chi connectivity index (χ2v) is 6.66. The van der Waals surface area contributed by atoms with Crippen LogP contribution >= 0.6 is 15.9 Å². The van der Waals surface area contributed by atoms with E-state index in [1.54, 1.807) is 49.4 Å². The van der Waals surface area contributed by atoms with Gasteiger partial charge in [-0.2, -0.15) is 0 Å². The van der Waals surface area contributed by atoms with E-state index in [-0.39, 0.29) is 5.69 Å². The highest BCUT2D eigenvalue weighted by Gasteiger charge is 2.22. The lowest BCUT2D eigenvalue weighted by molar-refractivity contribution is 0.0600. The van der Waals surface area contributed by atoms with Gasteiger partial charge in [-0.05, 0) is 42.8 Å². The SMILES string of the molecule is [2H]C([2H])([2H])OC(=O)c1c(N)c2ccc(Br)cc2n(-c2ccc([C@@H](C)O)cc2)c1=O. The third-order valence-electron chi connectivity index (χ3n) is 4.11. The van der Waals surface area contributed by atoms with Crippen LogP contribution < -0.4 is 11.3 Å². The number of aliphatic hydroxyl groups is 1. The molecule has 0 amide bonds. The van der Waals surface area contributed by atoms with E-state index in [4.69, 9.17) is 9.85 Å². The monoisotopic (exact) mass is 419 g/mol. The maximum absolute atomic E-state index is 13.2. The smallest absolute Gasteiger partial charge is 0.345 e. The predicted octanol–water partition coefficient (Wildman–Crippen LogP) is 3.18. The standard InChI is InChI=1S/C19H17BrN2O4/c1-10(23)11-3-6-13(7-4-11)22-15-9-12(20)5-8-14(15)17(21)16(18(22)24)19(25)26-2/h3-10,23H,21H2,1-2H3/t10-/m1/s1/i2D3. The van der Waals surface area contributed by atoms with Crippen molar-refractivity contribution in [1.29, 1.82) is 0 Å². The van der Waals surface area contributed by atoms with E-state index in [2.05, 4.69) is 20.7 Å². The van der Waals surface area contributed by atoms with Crippen LogP contribution in [0.3, 0.4) is 0 Å². The zero-order valence-corrected chi connectivity index (χ0v) is 15.3. The molecule has 0 spiro atoms. The lowest BCUT2D eigenvalue weighted by Gasteiger charge is -2.16. The van der Waals surface area contributed by atoms with Crippen molar-refractivity contribution in [2.45, 2.75) is 13.0 Å². The van der Waals surface area contributed by atoms with Gasteiger partial charge >= 0.3 is 5.97 Å². The van der Waals surface area contributed by atoms with Crippen molar-refractivity contribution in [2.24, 2.45) is 0 Å². The molecule has 26 heavy (non-hydrogen) atoms. The number of nitrogen functional groups attached to an aromatic ring is 1. The molecule has 0 unspecified atom stereocenters. The average molecular weight is 420 g/mol. The fraction of sp³-hybridized carbons (Fsp3) is 0.158. The largest absolute Gasteiger partial charge is 0.465 e. The summed E-state index contributed by atoms with van der Waals surface area (Å²) in [5.74, 6) is -1.33. The van der Waals surface area contributed by atoms with Gasteiger partial charge < -0.3 is 15.6 Å². The van der Waals surface area contributed by atoms with Crippen LogP contribution in [-0.4, -0.2) is 22.7 Å². The normalized spacial score (nSPS) is 14.3. The van der Waals surface area contributed by atoms with E-state index in [9.17, 15) is 14.7 Å². The Bertz CT molecular complexity index is 1160. The number of halogens is 1. The van der Waals surface area contributed by atoms with Crippen LogP contribution in [0.1, 0.15) is 33.1 Å². The highest BCUT2D eigenvalue weighted by Crippen LogP contribution is 2.28. The molecule has 0 saturated carbocycles. The third kappa shape index (κ3) is 3.00. The number of aromatic nitrogens is 1. The maximum atomic E-state index is 13.2. The van der Waals surface area contributed by atoms with E-state index in [1.165, 1.54) is 4.57 Å². The second kappa shape index (κ2) is 6.93. The Labute approximate surface area is 162 Å². The number of pyridine rings is 1. The molecule has 1 heterocycles. The highest BCUT2D eigenvalue weighted by molar-refractivity contribution is 9.10. The van der Waals surface area contributed by atoms with Crippen molar-refractivity contribution in [2.75, 3.05) is 12.8 Å². The van der Waals surface area contributed by atoms with Gasteiger partial charge in [0.2, 0.25) is 0 Å². The fourth-order valence-electron chi connectivity index (χ4n) is 2.80. The van der Waals surface area contributed by atoms with Crippen molar-refractivity contribution in [3.8, 4) is 5.69 Å². The summed E-state index contributed by atoms with van der Waals surface area (Å²) in [7, 11) is -3.02. The van der Waals surface area contributed by atoms with Gasteiger partial charge in [0.1, 0.15) is 5.56 Å². The summed E-state index contributed by atoms with van der Waals surface area (Å²) in [4.78, 5) is 25.6. The lowest BCUT2D eigenvalue weighted by atomic mass is 10.1. The number of methoxy groups -OCH3 is 1. The highest BCUT2D eigenvalue weighted by atomic mass is 79.9. The number of anilines is 1. The maximum Gasteiger partial charge on any atom is 0.345 e. The minimum absolute atomic E-state index is 0.163. The number of nitrogens with zero attached hydrogens (tertiary/aromatic N) is 1. The number of carbonyl (C=O) groups is 1. The summed E-state index contributed by atoms with van der Waals surface area (Å²) in [6, 6.07) is 11.5. The number of fused-ring (bicyclic) bond motifs is 1. The zero-order chi connectivity index (χ0) is 21.5. The minimum atomic E-state index is -3.02. The molecule has 0 aliphatic rings. The Hall–Kier alpha value is -2.64. The van der Waals surface area contributed by atoms with Crippen LogP contribution in [0.4, 0.5) is 5.69 Å². The summed E-state index contributed by atoms with van der Waals surface area (Å²) >= 11 is 3.35. The summed E-state index contributed by atoms with van der Waals surface area (Å²) in [5, 5.41) is 10.1. The predicted molar refractivity (Wildman–Crippen MR) is 104 cm³/mol. The molecule has 134 valence electrons. The number of hydrogen-bond donors (Lipinski definition) is 2. The Balaban J connectivity index is 2.34. The summed E-state index contributed by atoms with van der Waals surface area (Å²) in [5.41, 5.74) is 5.98. The minimum Gasteiger partial charge on any atom is -0.465 e. The molecule has 0 aliphatic heterocycles. The Morgan fingerprint density at radius 2 is 2.00 bits per heavy atom. The number of nitrogens with two attached hydrogens (primary N) is 1. The Morgan fingerprint density at radius 3 is 2.62 bits per heavy atom. The van der Waals surface area contributed by atoms with Gasteiger partial charge in [-0.25, -0.2) is 4.79 Å². The number of rotatable bonds is 3. The molecule has 0 bridgehead atoms. The molecule has 0 aliphatic carbocycles. The van der Waals surface area contributed by atoms with Crippen LogP contribution in [0, 0.1) is 0 Å². The second-order valence-electron chi connectivity index (χ2n) is 5.75. The molecule has 3 aromatic rings. The fourth-order valence-corrected chi connectivity index (χ4v) is 3.14. The number of carbonyl (C=O) groups excluding carboxylic acids is 1. The molecule has 1 atom stereocenters. The van der Waals surface area contributed by atoms with Crippen molar-refractivity contribution in [1.82, 2.24) is 4.57 Å². The molecule has 6 nitrogen and oxygen atoms in total. The molecule has 0 fully saturated rings. The summed E-state index contributed by atoms with van der Waals surface area (Å²) < 4.78 is 27.8. The molecule has 2 aromatic carbocycles. The van der Waals surface area contributed by atoms with Crippen molar-refractivity contribution < 1.29 is 18.8 Å². The molecule has 7 heteroatoms. The quantitative estimate of drug-likeness (QED) is 0.635. The van der Waals surface area contributed by atoms with Crippen LogP contribution in [0.5, 0.6) is 0 Å². The number of benzene rings is 2. The van der Waals surface area contributed by atoms with Crippen LogP contribution in [0.15, 0.2) is 51.7 Å². The van der Waals surface area contributed by atoms with Crippen LogP contribution in [-0.2, 0) is 4.74 Å². The number of esters is 1. The Kier molecular flexibility index (Phi) is 3.87. The van der Waals surface area contributed by atoms with Crippen molar-refractivity contribution >= 4 is 38.5 Å². The van der Waals surface area contributed by atoms with Gasteiger partial charge in [0.05, 0.1) is 28.5 Å². The first kappa shape index (κ1) is 14.5. The van der Waals surface area contributed by atoms with E-state index in [0.29, 0.717) is 26.6 Å². The lowest BCUT2D eigenvalue weighted by Crippen LogP contribution is -2.28. The molecular formula is C19H17BrN2O4. The number of hydrogen-bond acceptors (Lipinski definition) is 5. The third-order valence-corrected chi connectivity index (χ3v) is 4.60. The van der Waals surface area contributed by atoms with E-state index >= 15 is 0 Å².